The Balaban J connectivity index is 1.67. The minimum absolute atomic E-state index is 0.0456. The van der Waals surface area contributed by atoms with E-state index in [1.807, 2.05) is 64.1 Å². The van der Waals surface area contributed by atoms with Crippen molar-refractivity contribution in [3.05, 3.63) is 82.5 Å². The van der Waals surface area contributed by atoms with Crippen LogP contribution in [0.2, 0.25) is 0 Å². The predicted molar refractivity (Wildman–Crippen MR) is 146 cm³/mol. The highest BCUT2D eigenvalue weighted by atomic mass is 16.1. The maximum absolute atomic E-state index is 13.4. The largest absolute Gasteiger partial charge is 0.376 e. The van der Waals surface area contributed by atoms with Crippen LogP contribution in [0.5, 0.6) is 0 Å². The lowest BCUT2D eigenvalue weighted by Gasteiger charge is -2.31. The Morgan fingerprint density at radius 3 is 2.53 bits per heavy atom. The zero-order valence-electron chi connectivity index (χ0n) is 21.9. The smallest absolute Gasteiger partial charge is 0.190 e. The third kappa shape index (κ3) is 4.50. The number of aliphatic imine (C=N–C) groups is 1. The molecule has 4 rings (SSSR count). The summed E-state index contributed by atoms with van der Waals surface area (Å²) in [5.74, 6) is -0.753. The molecule has 0 saturated heterocycles. The molecule has 4 unspecified atom stereocenters. The van der Waals surface area contributed by atoms with Crippen molar-refractivity contribution in [3.63, 3.8) is 0 Å². The monoisotopic (exact) mass is 482 g/mol. The summed E-state index contributed by atoms with van der Waals surface area (Å²) in [7, 11) is 0. The minimum Gasteiger partial charge on any atom is -0.376 e. The number of fused-ring (bicyclic) bond motifs is 3. The van der Waals surface area contributed by atoms with Gasteiger partial charge in [0.25, 0.3) is 0 Å². The molecule has 1 N–H and O–H groups in total. The highest BCUT2D eigenvalue weighted by Crippen LogP contribution is 2.42. The summed E-state index contributed by atoms with van der Waals surface area (Å²) in [5, 5.41) is 3.47. The van der Waals surface area contributed by atoms with E-state index in [1.54, 1.807) is 25.1 Å². The molecule has 36 heavy (non-hydrogen) atoms. The van der Waals surface area contributed by atoms with Crippen LogP contribution in [0.15, 0.2) is 65.2 Å². The van der Waals surface area contributed by atoms with Crippen molar-refractivity contribution in [3.8, 4) is 0 Å². The van der Waals surface area contributed by atoms with E-state index in [0.717, 1.165) is 22.5 Å². The lowest BCUT2D eigenvalue weighted by molar-refractivity contribution is 0.0891. The molecule has 2 aromatic rings. The van der Waals surface area contributed by atoms with Crippen molar-refractivity contribution in [1.29, 1.82) is 0 Å². The molecule has 5 nitrogen and oxygen atoms in total. The van der Waals surface area contributed by atoms with Crippen LogP contribution < -0.4 is 5.32 Å². The van der Waals surface area contributed by atoms with E-state index in [1.165, 1.54) is 0 Å². The molecule has 1 aliphatic heterocycles. The number of nitrogens with zero attached hydrogens (tertiary/aromatic N) is 1. The van der Waals surface area contributed by atoms with Gasteiger partial charge in [0.15, 0.2) is 17.3 Å². The van der Waals surface area contributed by atoms with Crippen LogP contribution in [0.3, 0.4) is 0 Å². The Morgan fingerprint density at radius 1 is 1.11 bits per heavy atom. The summed E-state index contributed by atoms with van der Waals surface area (Å²) in [4.78, 5) is 44.8. The van der Waals surface area contributed by atoms with Crippen molar-refractivity contribution in [2.24, 2.45) is 22.7 Å². The molecule has 1 heterocycles. The van der Waals surface area contributed by atoms with Crippen molar-refractivity contribution >= 4 is 34.4 Å². The van der Waals surface area contributed by atoms with Gasteiger partial charge in [0.05, 0.1) is 23.0 Å². The first-order chi connectivity index (χ1) is 17.1. The number of Topliss-reactive ketones (excluding diaryl/α,β-unsaturated/α-hetero) is 3. The Morgan fingerprint density at radius 2 is 1.83 bits per heavy atom. The van der Waals surface area contributed by atoms with Gasteiger partial charge in [0.2, 0.25) is 0 Å². The van der Waals surface area contributed by atoms with Crippen LogP contribution in [0.4, 0.5) is 11.4 Å². The van der Waals surface area contributed by atoms with Gasteiger partial charge in [0, 0.05) is 34.2 Å². The predicted octanol–water partition coefficient (Wildman–Crippen LogP) is 6.94. The second-order valence-corrected chi connectivity index (χ2v) is 10.1. The molecule has 0 bridgehead atoms. The molecule has 2 aromatic carbocycles. The van der Waals surface area contributed by atoms with Crippen LogP contribution >= 0.6 is 0 Å². The number of hydrogen-bond donors (Lipinski definition) is 1. The molecule has 186 valence electrons. The third-order valence-electron chi connectivity index (χ3n) is 7.60. The number of ketones is 3. The molecule has 0 fully saturated rings. The molecule has 2 aliphatic rings. The number of benzene rings is 2. The molecule has 4 atom stereocenters. The topological polar surface area (TPSA) is 75.6 Å². The number of rotatable bonds is 6. The normalized spacial score (nSPS) is 22.1. The van der Waals surface area contributed by atoms with Gasteiger partial charge in [-0.2, -0.15) is 0 Å². The highest BCUT2D eigenvalue weighted by Gasteiger charge is 2.38. The van der Waals surface area contributed by atoms with Gasteiger partial charge in [-0.05, 0) is 50.8 Å². The fourth-order valence-corrected chi connectivity index (χ4v) is 5.03. The molecule has 0 aromatic heterocycles. The van der Waals surface area contributed by atoms with Crippen LogP contribution in [-0.2, 0) is 0 Å². The number of hydrogen-bond acceptors (Lipinski definition) is 5. The van der Waals surface area contributed by atoms with Crippen LogP contribution in [0.1, 0.15) is 77.7 Å². The zero-order valence-corrected chi connectivity index (χ0v) is 21.9. The summed E-state index contributed by atoms with van der Waals surface area (Å²) < 4.78 is 0. The lowest BCUT2D eigenvalue weighted by Crippen LogP contribution is -2.34. The maximum Gasteiger partial charge on any atom is 0.190 e. The summed E-state index contributed by atoms with van der Waals surface area (Å²) >= 11 is 0. The number of carbonyl (C=O) groups excluding carboxylic acids is 3. The average molecular weight is 483 g/mol. The van der Waals surface area contributed by atoms with Gasteiger partial charge in [0.1, 0.15) is 0 Å². The molecular formula is C31H34N2O3. The summed E-state index contributed by atoms with van der Waals surface area (Å²) in [6.07, 6.45) is 5.98. The molecular weight excluding hydrogens is 448 g/mol. The van der Waals surface area contributed by atoms with Gasteiger partial charge >= 0.3 is 0 Å². The van der Waals surface area contributed by atoms with Gasteiger partial charge in [-0.1, -0.05) is 63.3 Å². The van der Waals surface area contributed by atoms with E-state index in [2.05, 4.69) is 12.2 Å². The number of allylic oxidation sites excluding steroid dienone is 4. The first kappa shape index (κ1) is 25.5. The Kier molecular flexibility index (Phi) is 7.21. The second-order valence-electron chi connectivity index (χ2n) is 10.1. The van der Waals surface area contributed by atoms with Crippen molar-refractivity contribution in [2.45, 2.75) is 54.0 Å². The van der Waals surface area contributed by atoms with Gasteiger partial charge in [-0.25, -0.2) is 0 Å². The van der Waals surface area contributed by atoms with Crippen LogP contribution in [0, 0.1) is 24.7 Å². The SMILES string of the molecule is CC=C/C=C1/C(=O)c2ccc3c(c2C(=O)C1C)N=C(CC(C)C(C)C(=O)c1ccccc1C)C(C)N3. The first-order valence-electron chi connectivity index (χ1n) is 12.7. The van der Waals surface area contributed by atoms with E-state index in [-0.39, 0.29) is 35.2 Å². The van der Waals surface area contributed by atoms with E-state index < -0.39 is 5.92 Å². The fourth-order valence-electron chi connectivity index (χ4n) is 5.03. The standard InChI is InChI=1S/C31H34N2O3/c1-7-8-12-23-20(5)30(35)27-24(31(23)36)14-15-25-28(27)33-26(21(6)32-25)16-18(3)19(4)29(34)22-13-10-9-11-17(22)2/h7-15,18-21,32H,16H2,1-6H3/b8-7?,23-12+. The molecule has 5 heteroatoms. The van der Waals surface area contributed by atoms with Gasteiger partial charge in [-0.15, -0.1) is 0 Å². The molecule has 0 saturated carbocycles. The van der Waals surface area contributed by atoms with E-state index in [4.69, 9.17) is 4.99 Å². The van der Waals surface area contributed by atoms with E-state index >= 15 is 0 Å². The Labute approximate surface area is 213 Å². The third-order valence-corrected chi connectivity index (χ3v) is 7.60. The zero-order chi connectivity index (χ0) is 26.1. The van der Waals surface area contributed by atoms with Crippen LogP contribution in [0.25, 0.3) is 0 Å². The molecule has 0 radical (unpaired) electrons. The number of anilines is 1. The first-order valence-corrected chi connectivity index (χ1v) is 12.7. The number of carbonyl (C=O) groups is 3. The summed E-state index contributed by atoms with van der Waals surface area (Å²) in [6, 6.07) is 11.2. The number of aryl methyl sites for hydroxylation is 1. The lowest BCUT2D eigenvalue weighted by atomic mass is 9.77. The van der Waals surface area contributed by atoms with E-state index in [9.17, 15) is 14.4 Å². The summed E-state index contributed by atoms with van der Waals surface area (Å²) in [6.45, 7) is 11.7. The molecule has 0 amide bonds. The minimum atomic E-state index is -0.531. The Hall–Kier alpha value is -3.60. The Bertz CT molecular complexity index is 1330. The fraction of sp³-hybridized carbons (Fsp3) is 0.355. The van der Waals surface area contributed by atoms with Crippen molar-refractivity contribution in [1.82, 2.24) is 0 Å². The molecule has 1 aliphatic carbocycles. The summed E-state index contributed by atoms with van der Waals surface area (Å²) in [5.41, 5.74) is 5.23. The highest BCUT2D eigenvalue weighted by molar-refractivity contribution is 6.26. The van der Waals surface area contributed by atoms with Gasteiger partial charge in [-0.3, -0.25) is 19.4 Å². The van der Waals surface area contributed by atoms with E-state index in [0.29, 0.717) is 28.8 Å². The van der Waals surface area contributed by atoms with Crippen LogP contribution in [-0.4, -0.2) is 29.1 Å². The van der Waals surface area contributed by atoms with Crippen molar-refractivity contribution < 1.29 is 14.4 Å². The van der Waals surface area contributed by atoms with Gasteiger partial charge < -0.3 is 5.32 Å². The number of nitrogens with one attached hydrogen (secondary N) is 1. The van der Waals surface area contributed by atoms with Crippen molar-refractivity contribution in [2.75, 3.05) is 5.32 Å². The quantitative estimate of drug-likeness (QED) is 0.357. The second kappa shape index (κ2) is 10.2. The maximum atomic E-state index is 13.4. The average Bonchev–Trinajstić information content (AvgIpc) is 2.86. The molecule has 0 spiro atoms.